The summed E-state index contributed by atoms with van der Waals surface area (Å²) in [6, 6.07) is 15.2. The van der Waals surface area contributed by atoms with Gasteiger partial charge in [-0.15, -0.1) is 0 Å². The highest BCUT2D eigenvalue weighted by molar-refractivity contribution is 5.72. The number of aryl methyl sites for hydroxylation is 1. The Kier molecular flexibility index (Phi) is 5.55. The van der Waals surface area contributed by atoms with E-state index in [0.717, 1.165) is 16.9 Å². The number of nitrogens with one attached hydrogen (secondary N) is 1. The summed E-state index contributed by atoms with van der Waals surface area (Å²) in [4.78, 5) is 10.8. The minimum atomic E-state index is -0.855. The van der Waals surface area contributed by atoms with Crippen LogP contribution in [0, 0.1) is 6.92 Å². The Labute approximate surface area is 130 Å². The molecule has 0 aromatic heterocycles. The van der Waals surface area contributed by atoms with Crippen LogP contribution in [0.1, 0.15) is 23.6 Å². The lowest BCUT2D eigenvalue weighted by molar-refractivity contribution is -0.139. The van der Waals surface area contributed by atoms with Crippen LogP contribution >= 0.6 is 0 Å². The maximum Gasteiger partial charge on any atom is 0.320 e. The first-order valence-electron chi connectivity index (χ1n) is 7.28. The number of hydrogen-bond acceptors (Lipinski definition) is 3. The largest absolute Gasteiger partial charge is 0.489 e. The molecule has 0 bridgehead atoms. The summed E-state index contributed by atoms with van der Waals surface area (Å²) in [5.41, 5.74) is 3.36. The summed E-state index contributed by atoms with van der Waals surface area (Å²) in [5.74, 6) is -0.0718. The first kappa shape index (κ1) is 16.0. The van der Waals surface area contributed by atoms with Crippen molar-refractivity contribution in [2.24, 2.45) is 0 Å². The molecule has 0 saturated heterocycles. The molecule has 0 aliphatic carbocycles. The molecule has 0 amide bonds. The van der Waals surface area contributed by atoms with Gasteiger partial charge in [-0.25, -0.2) is 0 Å². The molecule has 2 aromatic rings. The van der Waals surface area contributed by atoms with Crippen molar-refractivity contribution in [3.63, 3.8) is 0 Å². The molecule has 22 heavy (non-hydrogen) atoms. The first-order chi connectivity index (χ1) is 10.6. The molecule has 0 radical (unpaired) electrons. The van der Waals surface area contributed by atoms with Gasteiger partial charge in [-0.2, -0.15) is 0 Å². The van der Waals surface area contributed by atoms with Crippen molar-refractivity contribution in [3.8, 4) is 5.75 Å². The van der Waals surface area contributed by atoms with Gasteiger partial charge >= 0.3 is 5.97 Å². The number of rotatable bonds is 7. The Morgan fingerprint density at radius 2 is 2.00 bits per heavy atom. The monoisotopic (exact) mass is 299 g/mol. The van der Waals surface area contributed by atoms with Crippen LogP contribution in [-0.2, 0) is 17.9 Å². The predicted molar refractivity (Wildman–Crippen MR) is 85.9 cm³/mol. The van der Waals surface area contributed by atoms with E-state index in [9.17, 15) is 4.79 Å². The lowest BCUT2D eigenvalue weighted by Crippen LogP contribution is -2.33. The fourth-order valence-electron chi connectivity index (χ4n) is 2.04. The van der Waals surface area contributed by atoms with Gasteiger partial charge in [-0.05, 0) is 42.7 Å². The first-order valence-corrected chi connectivity index (χ1v) is 7.28. The Balaban J connectivity index is 1.94. The van der Waals surface area contributed by atoms with Gasteiger partial charge in [0, 0.05) is 6.54 Å². The van der Waals surface area contributed by atoms with Gasteiger partial charge in [-0.3, -0.25) is 4.79 Å². The number of carboxylic acid groups (broad SMARTS) is 1. The lowest BCUT2D eigenvalue weighted by Gasteiger charge is -2.12. The molecule has 0 fully saturated rings. The predicted octanol–water partition coefficient (Wildman–Crippen LogP) is 3.14. The van der Waals surface area contributed by atoms with Crippen LogP contribution in [0.25, 0.3) is 0 Å². The standard InChI is InChI=1S/C18H21NO3/c1-13-6-3-4-8-16(13)12-22-17-9-5-7-15(10-17)11-19-14(2)18(20)21/h3-10,14,19H,11-12H2,1-2H3,(H,20,21)/t14-/m0/s1. The van der Waals surface area contributed by atoms with Crippen LogP contribution < -0.4 is 10.1 Å². The zero-order valence-corrected chi connectivity index (χ0v) is 12.9. The minimum absolute atomic E-state index is 0.495. The number of carboxylic acids is 1. The molecule has 116 valence electrons. The van der Waals surface area contributed by atoms with Gasteiger partial charge in [0.05, 0.1) is 0 Å². The second-order valence-electron chi connectivity index (χ2n) is 5.30. The smallest absolute Gasteiger partial charge is 0.320 e. The van der Waals surface area contributed by atoms with Gasteiger partial charge in [0.15, 0.2) is 0 Å². The van der Waals surface area contributed by atoms with Crippen molar-refractivity contribution in [1.29, 1.82) is 0 Å². The zero-order chi connectivity index (χ0) is 15.9. The summed E-state index contributed by atoms with van der Waals surface area (Å²) in [7, 11) is 0. The fourth-order valence-corrected chi connectivity index (χ4v) is 2.04. The second kappa shape index (κ2) is 7.61. The third kappa shape index (κ3) is 4.60. The number of benzene rings is 2. The third-order valence-corrected chi connectivity index (χ3v) is 3.54. The Morgan fingerprint density at radius 3 is 2.73 bits per heavy atom. The van der Waals surface area contributed by atoms with Gasteiger partial charge in [0.1, 0.15) is 18.4 Å². The second-order valence-corrected chi connectivity index (χ2v) is 5.30. The van der Waals surface area contributed by atoms with Gasteiger partial charge in [-0.1, -0.05) is 36.4 Å². The summed E-state index contributed by atoms with van der Waals surface area (Å²) in [6.07, 6.45) is 0. The molecule has 0 saturated carbocycles. The molecule has 0 spiro atoms. The Hall–Kier alpha value is -2.33. The van der Waals surface area contributed by atoms with E-state index in [1.807, 2.05) is 36.4 Å². The molecular weight excluding hydrogens is 278 g/mol. The number of ether oxygens (including phenoxy) is 1. The minimum Gasteiger partial charge on any atom is -0.489 e. The molecule has 2 N–H and O–H groups in total. The maximum atomic E-state index is 10.8. The highest BCUT2D eigenvalue weighted by Gasteiger charge is 2.09. The van der Waals surface area contributed by atoms with Crippen LogP contribution in [0.4, 0.5) is 0 Å². The van der Waals surface area contributed by atoms with Crippen molar-refractivity contribution < 1.29 is 14.6 Å². The van der Waals surface area contributed by atoms with E-state index >= 15 is 0 Å². The average Bonchev–Trinajstić information content (AvgIpc) is 2.52. The third-order valence-electron chi connectivity index (χ3n) is 3.54. The average molecular weight is 299 g/mol. The molecule has 0 heterocycles. The van der Waals surface area contributed by atoms with E-state index < -0.39 is 12.0 Å². The summed E-state index contributed by atoms with van der Waals surface area (Å²) in [6.45, 7) is 4.71. The van der Waals surface area contributed by atoms with Crippen LogP contribution in [0.2, 0.25) is 0 Å². The van der Waals surface area contributed by atoms with E-state index in [2.05, 4.69) is 24.4 Å². The molecule has 0 aliphatic rings. The van der Waals surface area contributed by atoms with Crippen molar-refractivity contribution in [2.75, 3.05) is 0 Å². The van der Waals surface area contributed by atoms with Crippen LogP contribution in [0.15, 0.2) is 48.5 Å². The van der Waals surface area contributed by atoms with E-state index in [0.29, 0.717) is 13.2 Å². The van der Waals surface area contributed by atoms with Crippen molar-refractivity contribution >= 4 is 5.97 Å². The molecule has 0 unspecified atom stereocenters. The van der Waals surface area contributed by atoms with Crippen LogP contribution in [-0.4, -0.2) is 17.1 Å². The molecule has 4 heteroatoms. The van der Waals surface area contributed by atoms with Crippen LogP contribution in [0.3, 0.4) is 0 Å². The van der Waals surface area contributed by atoms with E-state index in [1.54, 1.807) is 6.92 Å². The van der Waals surface area contributed by atoms with E-state index in [1.165, 1.54) is 5.56 Å². The Bertz CT molecular complexity index is 640. The summed E-state index contributed by atoms with van der Waals surface area (Å²) < 4.78 is 5.82. The van der Waals surface area contributed by atoms with E-state index in [-0.39, 0.29) is 0 Å². The van der Waals surface area contributed by atoms with Gasteiger partial charge in [0.25, 0.3) is 0 Å². The Morgan fingerprint density at radius 1 is 1.23 bits per heavy atom. The molecule has 0 aliphatic heterocycles. The topological polar surface area (TPSA) is 58.6 Å². The fraction of sp³-hybridized carbons (Fsp3) is 0.278. The summed E-state index contributed by atoms with van der Waals surface area (Å²) in [5, 5.41) is 11.8. The van der Waals surface area contributed by atoms with Crippen molar-refractivity contribution in [1.82, 2.24) is 5.32 Å². The highest BCUT2D eigenvalue weighted by atomic mass is 16.5. The number of hydrogen-bond donors (Lipinski definition) is 2. The molecule has 2 rings (SSSR count). The zero-order valence-electron chi connectivity index (χ0n) is 12.9. The van der Waals surface area contributed by atoms with Gasteiger partial charge < -0.3 is 15.2 Å². The van der Waals surface area contributed by atoms with E-state index in [4.69, 9.17) is 9.84 Å². The van der Waals surface area contributed by atoms with Crippen molar-refractivity contribution in [3.05, 3.63) is 65.2 Å². The maximum absolute atomic E-state index is 10.8. The highest BCUT2D eigenvalue weighted by Crippen LogP contribution is 2.16. The number of carbonyl (C=O) groups is 1. The quantitative estimate of drug-likeness (QED) is 0.824. The lowest BCUT2D eigenvalue weighted by atomic mass is 10.1. The SMILES string of the molecule is Cc1ccccc1COc1cccc(CN[C@@H](C)C(=O)O)c1. The molecule has 2 aromatic carbocycles. The molecule has 1 atom stereocenters. The van der Waals surface area contributed by atoms with Crippen molar-refractivity contribution in [2.45, 2.75) is 33.0 Å². The number of aliphatic carboxylic acids is 1. The summed E-state index contributed by atoms with van der Waals surface area (Å²) >= 11 is 0. The van der Waals surface area contributed by atoms with Gasteiger partial charge in [0.2, 0.25) is 0 Å². The van der Waals surface area contributed by atoms with Crippen LogP contribution in [0.5, 0.6) is 5.75 Å². The molecular formula is C18H21NO3. The normalized spacial score (nSPS) is 11.9. The molecule has 4 nitrogen and oxygen atoms in total.